The normalized spacial score (nSPS) is 15.4. The van der Waals surface area contributed by atoms with Crippen molar-refractivity contribution in [3.05, 3.63) is 110 Å². The van der Waals surface area contributed by atoms with E-state index in [2.05, 4.69) is 25.1 Å². The second-order valence-electron chi connectivity index (χ2n) is 8.30. The minimum atomic E-state index is -0.384. The quantitative estimate of drug-likeness (QED) is 0.236. The fourth-order valence-corrected chi connectivity index (χ4v) is 4.96. The molecule has 0 radical (unpaired) electrons. The van der Waals surface area contributed by atoms with E-state index in [1.165, 1.54) is 29.5 Å². The number of nitrogens with zero attached hydrogens (tertiary/aromatic N) is 4. The summed E-state index contributed by atoms with van der Waals surface area (Å²) in [6.07, 6.45) is 0.594. The van der Waals surface area contributed by atoms with Crippen LogP contribution in [-0.4, -0.2) is 15.6 Å². The van der Waals surface area contributed by atoms with E-state index in [1.807, 2.05) is 23.4 Å². The summed E-state index contributed by atoms with van der Waals surface area (Å²) in [5, 5.41) is 20.8. The van der Waals surface area contributed by atoms with Gasteiger partial charge in [-0.05, 0) is 55.3 Å². The van der Waals surface area contributed by atoms with Crippen molar-refractivity contribution in [1.29, 1.82) is 0 Å². The van der Waals surface area contributed by atoms with Crippen LogP contribution in [0.1, 0.15) is 34.7 Å². The van der Waals surface area contributed by atoms with Gasteiger partial charge in [-0.1, -0.05) is 29.8 Å². The highest BCUT2D eigenvalue weighted by atomic mass is 32.1. The van der Waals surface area contributed by atoms with Gasteiger partial charge in [0.1, 0.15) is 5.82 Å². The standard InChI is InChI=1S/C26H21FN4O2S/c1-16-6-7-17(2)22(12-16)23-14-25(19-4-3-5-21(13-19)31(32)33)30(29-23)26-28-24(15-34-26)18-8-10-20(27)11-9-18/h3-13,15,25H,14H2,1-2H3/t25-/m0/s1. The largest absolute Gasteiger partial charge is 0.269 e. The minimum Gasteiger partial charge on any atom is -0.258 e. The van der Waals surface area contributed by atoms with Crippen LogP contribution in [0.5, 0.6) is 0 Å². The van der Waals surface area contributed by atoms with Crippen LogP contribution in [0.3, 0.4) is 0 Å². The van der Waals surface area contributed by atoms with Gasteiger partial charge in [-0.15, -0.1) is 11.3 Å². The first-order valence-corrected chi connectivity index (χ1v) is 11.7. The third-order valence-electron chi connectivity index (χ3n) is 5.91. The van der Waals surface area contributed by atoms with Crippen molar-refractivity contribution in [3.8, 4) is 11.3 Å². The van der Waals surface area contributed by atoms with Crippen molar-refractivity contribution in [1.82, 2.24) is 4.98 Å². The molecule has 8 heteroatoms. The highest BCUT2D eigenvalue weighted by Gasteiger charge is 2.33. The maximum atomic E-state index is 13.4. The van der Waals surface area contributed by atoms with E-state index < -0.39 is 0 Å². The lowest BCUT2D eigenvalue weighted by Gasteiger charge is -2.21. The Morgan fingerprint density at radius 2 is 1.88 bits per heavy atom. The molecule has 4 aromatic rings. The number of hydrogen-bond acceptors (Lipinski definition) is 6. The van der Waals surface area contributed by atoms with Gasteiger partial charge in [-0.3, -0.25) is 10.1 Å². The number of benzene rings is 3. The van der Waals surface area contributed by atoms with Crippen LogP contribution in [0.4, 0.5) is 15.2 Å². The molecule has 1 aliphatic rings. The summed E-state index contributed by atoms with van der Waals surface area (Å²) in [7, 11) is 0. The summed E-state index contributed by atoms with van der Waals surface area (Å²) < 4.78 is 13.4. The highest BCUT2D eigenvalue weighted by molar-refractivity contribution is 7.14. The molecule has 34 heavy (non-hydrogen) atoms. The molecule has 3 aromatic carbocycles. The number of hydrazone groups is 1. The number of rotatable bonds is 5. The fraction of sp³-hybridized carbons (Fsp3) is 0.154. The lowest BCUT2D eigenvalue weighted by Crippen LogP contribution is -2.18. The van der Waals surface area contributed by atoms with E-state index in [0.29, 0.717) is 11.6 Å². The Balaban J connectivity index is 1.57. The van der Waals surface area contributed by atoms with Crippen molar-refractivity contribution in [2.45, 2.75) is 26.3 Å². The number of nitro groups is 1. The third kappa shape index (κ3) is 4.20. The molecule has 1 aliphatic heterocycles. The Labute approximate surface area is 200 Å². The monoisotopic (exact) mass is 472 g/mol. The van der Waals surface area contributed by atoms with Crippen LogP contribution in [0.2, 0.25) is 0 Å². The van der Waals surface area contributed by atoms with Crippen LogP contribution in [0.15, 0.2) is 77.2 Å². The lowest BCUT2D eigenvalue weighted by atomic mass is 9.95. The molecule has 0 aliphatic carbocycles. The van der Waals surface area contributed by atoms with Crippen molar-refractivity contribution in [2.24, 2.45) is 5.10 Å². The van der Waals surface area contributed by atoms with E-state index in [-0.39, 0.29) is 22.5 Å². The van der Waals surface area contributed by atoms with E-state index in [0.717, 1.165) is 39.2 Å². The van der Waals surface area contributed by atoms with Gasteiger partial charge in [0.05, 0.1) is 22.4 Å². The Hall–Kier alpha value is -3.91. The molecule has 0 N–H and O–H groups in total. The van der Waals surface area contributed by atoms with Crippen LogP contribution in [0.25, 0.3) is 11.3 Å². The number of anilines is 1. The molecule has 1 atom stereocenters. The summed E-state index contributed by atoms with van der Waals surface area (Å²) in [6, 6.07) is 18.9. The SMILES string of the molecule is Cc1ccc(C)c(C2=NN(c3nc(-c4ccc(F)cc4)cs3)[C@H](c3cccc([N+](=O)[O-])c3)C2)c1. The average molecular weight is 473 g/mol. The van der Waals surface area contributed by atoms with E-state index >= 15 is 0 Å². The molecular formula is C26H21FN4O2S. The van der Waals surface area contributed by atoms with Crippen molar-refractivity contribution in [2.75, 3.05) is 5.01 Å². The van der Waals surface area contributed by atoms with Gasteiger partial charge in [0.25, 0.3) is 5.69 Å². The number of halogens is 1. The van der Waals surface area contributed by atoms with Crippen LogP contribution in [-0.2, 0) is 0 Å². The Bertz CT molecular complexity index is 1410. The summed E-state index contributed by atoms with van der Waals surface area (Å²) in [4.78, 5) is 15.8. The molecule has 0 amide bonds. The van der Waals surface area contributed by atoms with Crippen LogP contribution in [0, 0.1) is 29.8 Å². The first-order chi connectivity index (χ1) is 16.4. The van der Waals surface area contributed by atoms with Crippen molar-refractivity contribution in [3.63, 3.8) is 0 Å². The molecule has 0 unspecified atom stereocenters. The predicted octanol–water partition coefficient (Wildman–Crippen LogP) is 6.83. The Kier molecular flexibility index (Phi) is 5.67. The number of thiazole rings is 1. The Morgan fingerprint density at radius 1 is 1.09 bits per heavy atom. The van der Waals surface area contributed by atoms with Gasteiger partial charge in [-0.25, -0.2) is 14.4 Å². The smallest absolute Gasteiger partial charge is 0.258 e. The van der Waals surface area contributed by atoms with Gasteiger partial charge >= 0.3 is 0 Å². The van der Waals surface area contributed by atoms with Gasteiger partial charge < -0.3 is 0 Å². The van der Waals surface area contributed by atoms with E-state index in [1.54, 1.807) is 24.3 Å². The zero-order valence-electron chi connectivity index (χ0n) is 18.6. The molecule has 0 saturated carbocycles. The fourth-order valence-electron chi connectivity index (χ4n) is 4.12. The maximum absolute atomic E-state index is 13.4. The molecule has 2 heterocycles. The number of nitro benzene ring substituents is 1. The number of aromatic nitrogens is 1. The zero-order chi connectivity index (χ0) is 23.8. The first-order valence-electron chi connectivity index (χ1n) is 10.8. The van der Waals surface area contributed by atoms with Crippen LogP contribution >= 0.6 is 11.3 Å². The van der Waals surface area contributed by atoms with Gasteiger partial charge in [-0.2, -0.15) is 5.10 Å². The van der Waals surface area contributed by atoms with E-state index in [9.17, 15) is 14.5 Å². The molecule has 0 spiro atoms. The van der Waals surface area contributed by atoms with Crippen molar-refractivity contribution < 1.29 is 9.31 Å². The topological polar surface area (TPSA) is 71.6 Å². The average Bonchev–Trinajstić information content (AvgIpc) is 3.49. The van der Waals surface area contributed by atoms with Gasteiger partial charge in [0.2, 0.25) is 5.13 Å². The molecule has 170 valence electrons. The predicted molar refractivity (Wildman–Crippen MR) is 133 cm³/mol. The Morgan fingerprint density at radius 3 is 2.65 bits per heavy atom. The van der Waals surface area contributed by atoms with Crippen molar-refractivity contribution >= 4 is 27.9 Å². The molecule has 0 bridgehead atoms. The summed E-state index contributed by atoms with van der Waals surface area (Å²) in [6.45, 7) is 4.10. The molecule has 1 aromatic heterocycles. The molecule has 6 nitrogen and oxygen atoms in total. The first kappa shape index (κ1) is 21.9. The van der Waals surface area contributed by atoms with Gasteiger partial charge in [0, 0.05) is 35.1 Å². The maximum Gasteiger partial charge on any atom is 0.269 e. The molecule has 0 saturated heterocycles. The molecule has 5 rings (SSSR count). The second-order valence-corrected chi connectivity index (χ2v) is 9.14. The summed E-state index contributed by atoms with van der Waals surface area (Å²) in [5.41, 5.74) is 6.63. The molecule has 0 fully saturated rings. The summed E-state index contributed by atoms with van der Waals surface area (Å²) in [5.74, 6) is -0.299. The number of non-ortho nitro benzene ring substituents is 1. The number of hydrogen-bond donors (Lipinski definition) is 0. The zero-order valence-corrected chi connectivity index (χ0v) is 19.4. The second kappa shape index (κ2) is 8.79. The highest BCUT2D eigenvalue weighted by Crippen LogP contribution is 2.40. The van der Waals surface area contributed by atoms with Crippen LogP contribution < -0.4 is 5.01 Å². The van der Waals surface area contributed by atoms with Gasteiger partial charge in [0.15, 0.2) is 0 Å². The van der Waals surface area contributed by atoms with E-state index in [4.69, 9.17) is 10.1 Å². The summed E-state index contributed by atoms with van der Waals surface area (Å²) >= 11 is 1.44. The minimum absolute atomic E-state index is 0.0452. The lowest BCUT2D eigenvalue weighted by molar-refractivity contribution is -0.384. The number of aryl methyl sites for hydroxylation is 2. The molecular weight excluding hydrogens is 451 g/mol. The third-order valence-corrected chi connectivity index (χ3v) is 6.74.